The zero-order valence-corrected chi connectivity index (χ0v) is 16.1. The third kappa shape index (κ3) is 3.54. The highest BCUT2D eigenvalue weighted by molar-refractivity contribution is 5.52. The summed E-state index contributed by atoms with van der Waals surface area (Å²) >= 11 is 0. The van der Waals surface area contributed by atoms with Crippen molar-refractivity contribution in [3.8, 4) is 0 Å². The molecule has 3 N–H and O–H groups in total. The number of H-pyrrole nitrogens is 1. The number of piperidine rings is 2. The lowest BCUT2D eigenvalue weighted by Gasteiger charge is -2.34. The summed E-state index contributed by atoms with van der Waals surface area (Å²) < 4.78 is 7.27. The molecule has 0 bridgehead atoms. The van der Waals surface area contributed by atoms with Crippen molar-refractivity contribution in [2.75, 3.05) is 33.3 Å². The molecular formula is C19H29N5O3. The second-order valence-corrected chi connectivity index (χ2v) is 7.69. The number of methoxy groups -OCH3 is 1. The average Bonchev–Trinajstić information content (AvgIpc) is 3.03. The predicted molar refractivity (Wildman–Crippen MR) is 102 cm³/mol. The molecule has 0 aliphatic carbocycles. The van der Waals surface area contributed by atoms with Gasteiger partial charge in [-0.05, 0) is 45.7 Å². The first-order valence-corrected chi connectivity index (χ1v) is 9.86. The summed E-state index contributed by atoms with van der Waals surface area (Å²) in [6, 6.07) is 1.66. The van der Waals surface area contributed by atoms with Crippen LogP contribution in [0.5, 0.6) is 0 Å². The van der Waals surface area contributed by atoms with E-state index in [0.717, 1.165) is 63.3 Å². The van der Waals surface area contributed by atoms with Crippen LogP contribution >= 0.6 is 0 Å². The summed E-state index contributed by atoms with van der Waals surface area (Å²) in [5, 5.41) is 19.1. The molecule has 2 aliphatic heterocycles. The Morgan fingerprint density at radius 3 is 2.63 bits per heavy atom. The lowest BCUT2D eigenvalue weighted by molar-refractivity contribution is -0.0433. The molecule has 27 heavy (non-hydrogen) atoms. The van der Waals surface area contributed by atoms with Crippen molar-refractivity contribution in [2.24, 2.45) is 0 Å². The normalized spacial score (nSPS) is 21.7. The molecule has 8 nitrogen and oxygen atoms in total. The quantitative estimate of drug-likeness (QED) is 0.735. The number of aliphatic hydroxyl groups is 1. The Morgan fingerprint density at radius 2 is 1.96 bits per heavy atom. The van der Waals surface area contributed by atoms with E-state index in [1.165, 1.54) is 0 Å². The molecule has 2 fully saturated rings. The van der Waals surface area contributed by atoms with Crippen molar-refractivity contribution < 1.29 is 9.84 Å². The van der Waals surface area contributed by atoms with Gasteiger partial charge in [0.1, 0.15) is 11.9 Å². The van der Waals surface area contributed by atoms with Crippen LogP contribution in [-0.2, 0) is 4.74 Å². The molecule has 4 rings (SSSR count). The third-order valence-corrected chi connectivity index (χ3v) is 6.04. The molecule has 0 aromatic carbocycles. The minimum absolute atomic E-state index is 0.137. The summed E-state index contributed by atoms with van der Waals surface area (Å²) in [5.41, 5.74) is 2.89. The van der Waals surface area contributed by atoms with Gasteiger partial charge in [-0.25, -0.2) is 4.52 Å². The Balaban J connectivity index is 1.70. The van der Waals surface area contributed by atoms with Crippen LogP contribution in [0.3, 0.4) is 0 Å². The van der Waals surface area contributed by atoms with Gasteiger partial charge in [0.05, 0.1) is 23.1 Å². The lowest BCUT2D eigenvalue weighted by atomic mass is 9.94. The largest absolute Gasteiger partial charge is 0.381 e. The highest BCUT2D eigenvalue weighted by Gasteiger charge is 2.30. The molecule has 0 saturated carbocycles. The molecule has 0 amide bonds. The lowest BCUT2D eigenvalue weighted by Crippen LogP contribution is -2.39. The van der Waals surface area contributed by atoms with Gasteiger partial charge in [0.25, 0.3) is 5.56 Å². The number of rotatable bonds is 4. The van der Waals surface area contributed by atoms with Crippen LogP contribution in [-0.4, -0.2) is 64.0 Å². The number of likely N-dealkylation sites (tertiary alicyclic amines) is 1. The number of aliphatic hydroxyl groups excluding tert-OH is 1. The van der Waals surface area contributed by atoms with E-state index in [1.807, 2.05) is 16.3 Å². The van der Waals surface area contributed by atoms with Crippen molar-refractivity contribution >= 4 is 5.65 Å². The molecule has 8 heteroatoms. The summed E-state index contributed by atoms with van der Waals surface area (Å²) in [4.78, 5) is 17.3. The molecule has 148 valence electrons. The van der Waals surface area contributed by atoms with E-state index in [9.17, 15) is 9.90 Å². The zero-order valence-electron chi connectivity index (χ0n) is 16.1. The minimum Gasteiger partial charge on any atom is -0.381 e. The van der Waals surface area contributed by atoms with Gasteiger partial charge >= 0.3 is 0 Å². The molecule has 2 aliphatic rings. The number of fused-ring (bicyclic) bond motifs is 1. The van der Waals surface area contributed by atoms with E-state index in [-0.39, 0.29) is 11.7 Å². The van der Waals surface area contributed by atoms with Crippen LogP contribution < -0.4 is 10.9 Å². The number of aryl methyl sites for hydroxylation is 1. The first-order chi connectivity index (χ1) is 13.1. The van der Waals surface area contributed by atoms with E-state index in [1.54, 1.807) is 13.2 Å². The fraction of sp³-hybridized carbons (Fsp3) is 0.684. The SMILES string of the molecule is COC1CCN(C(O)c2c(C)nn3c(C4CCNCC4)cc(=O)[nH]c23)CC1. The van der Waals surface area contributed by atoms with Gasteiger partial charge in [-0.1, -0.05) is 0 Å². The molecule has 2 saturated heterocycles. The second kappa shape index (κ2) is 7.71. The first kappa shape index (κ1) is 18.6. The van der Waals surface area contributed by atoms with E-state index in [2.05, 4.69) is 10.3 Å². The van der Waals surface area contributed by atoms with Gasteiger partial charge in [0.15, 0.2) is 0 Å². The minimum atomic E-state index is -0.778. The number of nitrogens with zero attached hydrogens (tertiary/aromatic N) is 3. The number of nitrogens with one attached hydrogen (secondary N) is 2. The van der Waals surface area contributed by atoms with Gasteiger partial charge in [-0.2, -0.15) is 5.10 Å². The van der Waals surface area contributed by atoms with Gasteiger partial charge in [0.2, 0.25) is 0 Å². The number of aromatic amines is 1. The first-order valence-electron chi connectivity index (χ1n) is 9.86. The fourth-order valence-corrected chi connectivity index (χ4v) is 4.45. The van der Waals surface area contributed by atoms with Crippen LogP contribution in [0.1, 0.15) is 54.8 Å². The van der Waals surface area contributed by atoms with Crippen molar-refractivity contribution in [3.63, 3.8) is 0 Å². The van der Waals surface area contributed by atoms with E-state index in [4.69, 9.17) is 9.84 Å². The van der Waals surface area contributed by atoms with Crippen molar-refractivity contribution in [3.05, 3.63) is 33.4 Å². The average molecular weight is 375 g/mol. The molecule has 2 aromatic rings. The number of ether oxygens (including phenoxy) is 1. The standard InChI is InChI=1S/C19H29N5O3/c1-12-17(19(26)23-9-5-14(27-2)6-10-23)18-21-16(25)11-15(24(18)22-12)13-3-7-20-8-4-13/h11,13-14,19-20,26H,3-10H2,1-2H3,(H,21,25). The Bertz CT molecular complexity index is 847. The topological polar surface area (TPSA) is 94.9 Å². The van der Waals surface area contributed by atoms with Crippen LogP contribution in [0, 0.1) is 6.92 Å². The summed E-state index contributed by atoms with van der Waals surface area (Å²) in [5.74, 6) is 0.304. The predicted octanol–water partition coefficient (Wildman–Crippen LogP) is 0.900. The Hall–Kier alpha value is -1.74. The van der Waals surface area contributed by atoms with Crippen molar-refractivity contribution in [1.82, 2.24) is 24.8 Å². The van der Waals surface area contributed by atoms with Crippen LogP contribution in [0.4, 0.5) is 0 Å². The number of hydrogen-bond donors (Lipinski definition) is 3. The van der Waals surface area contributed by atoms with Gasteiger partial charge in [-0.3, -0.25) is 9.69 Å². The summed E-state index contributed by atoms with van der Waals surface area (Å²) in [6.07, 6.45) is 3.23. The molecular weight excluding hydrogens is 346 g/mol. The van der Waals surface area contributed by atoms with E-state index >= 15 is 0 Å². The molecule has 0 spiro atoms. The van der Waals surface area contributed by atoms with Gasteiger partial charge < -0.3 is 20.1 Å². The molecule has 1 atom stereocenters. The number of aromatic nitrogens is 3. The van der Waals surface area contributed by atoms with Gasteiger partial charge in [-0.15, -0.1) is 0 Å². The van der Waals surface area contributed by atoms with Crippen LogP contribution in [0.15, 0.2) is 10.9 Å². The third-order valence-electron chi connectivity index (χ3n) is 6.04. The number of hydrogen-bond acceptors (Lipinski definition) is 6. The summed E-state index contributed by atoms with van der Waals surface area (Å²) in [6.45, 7) is 5.31. The maximum atomic E-state index is 12.4. The summed E-state index contributed by atoms with van der Waals surface area (Å²) in [7, 11) is 1.74. The van der Waals surface area contributed by atoms with E-state index in [0.29, 0.717) is 17.1 Å². The monoisotopic (exact) mass is 375 g/mol. The van der Waals surface area contributed by atoms with E-state index < -0.39 is 6.23 Å². The smallest absolute Gasteiger partial charge is 0.251 e. The fourth-order valence-electron chi connectivity index (χ4n) is 4.45. The van der Waals surface area contributed by atoms with Gasteiger partial charge in [0, 0.05) is 32.2 Å². The Kier molecular flexibility index (Phi) is 5.32. The maximum Gasteiger partial charge on any atom is 0.251 e. The Morgan fingerprint density at radius 1 is 1.26 bits per heavy atom. The van der Waals surface area contributed by atoms with Crippen LogP contribution in [0.25, 0.3) is 5.65 Å². The highest BCUT2D eigenvalue weighted by atomic mass is 16.5. The Labute approximate surface area is 158 Å². The molecule has 4 heterocycles. The maximum absolute atomic E-state index is 12.4. The van der Waals surface area contributed by atoms with Crippen LogP contribution in [0.2, 0.25) is 0 Å². The highest BCUT2D eigenvalue weighted by Crippen LogP contribution is 2.30. The molecule has 0 radical (unpaired) electrons. The zero-order chi connectivity index (χ0) is 19.0. The van der Waals surface area contributed by atoms with Crippen molar-refractivity contribution in [1.29, 1.82) is 0 Å². The van der Waals surface area contributed by atoms with Crippen molar-refractivity contribution in [2.45, 2.75) is 50.9 Å². The second-order valence-electron chi connectivity index (χ2n) is 7.69. The molecule has 2 aromatic heterocycles. The molecule has 1 unspecified atom stereocenters.